The molecule has 5 nitrogen and oxygen atoms in total. The molecule has 1 aromatic rings. The summed E-state index contributed by atoms with van der Waals surface area (Å²) in [7, 11) is -3.37. The molecule has 1 aromatic carbocycles. The first-order chi connectivity index (χ1) is 13.1. The van der Waals surface area contributed by atoms with Crippen LogP contribution in [0.4, 0.5) is 0 Å². The molecule has 0 bridgehead atoms. The number of likely N-dealkylation sites (tertiary alicyclic amines) is 1. The van der Waals surface area contributed by atoms with Crippen molar-refractivity contribution in [1.29, 1.82) is 0 Å². The highest BCUT2D eigenvalue weighted by Crippen LogP contribution is 2.29. The van der Waals surface area contributed by atoms with E-state index in [1.165, 1.54) is 19.3 Å². The second-order valence-corrected chi connectivity index (χ2v) is 9.32. The molecule has 0 spiro atoms. The van der Waals surface area contributed by atoms with Gasteiger partial charge in [0.25, 0.3) is 0 Å². The lowest BCUT2D eigenvalue weighted by Gasteiger charge is -2.44. The van der Waals surface area contributed by atoms with E-state index in [-0.39, 0.29) is 0 Å². The smallest absolute Gasteiger partial charge is 0.243 e. The van der Waals surface area contributed by atoms with Gasteiger partial charge in [0.05, 0.1) is 4.90 Å². The zero-order chi connectivity index (χ0) is 19.1. The fourth-order valence-electron chi connectivity index (χ4n) is 4.32. The van der Waals surface area contributed by atoms with Crippen LogP contribution in [0.15, 0.2) is 35.2 Å². The fourth-order valence-corrected chi connectivity index (χ4v) is 5.81. The maximum atomic E-state index is 12.8. The Morgan fingerprint density at radius 3 is 2.52 bits per heavy atom. The molecule has 0 amide bonds. The van der Waals surface area contributed by atoms with Crippen LogP contribution in [0.25, 0.3) is 0 Å². The Kier molecular flexibility index (Phi) is 7.31. The number of nitrogens with zero attached hydrogens (tertiary/aromatic N) is 2. The molecule has 1 atom stereocenters. The topological polar surface area (TPSA) is 49.9 Å². The Morgan fingerprint density at radius 2 is 1.81 bits per heavy atom. The minimum absolute atomic E-state index is 0.377. The summed E-state index contributed by atoms with van der Waals surface area (Å²) in [6.45, 7) is 3.38. The SMILES string of the molecule is C#CCOCCC1CCCCN1C1CCN(S(=O)(=O)c2ccccc2)CC1. The van der Waals surface area contributed by atoms with E-state index in [9.17, 15) is 8.42 Å². The van der Waals surface area contributed by atoms with Gasteiger partial charge in [-0.3, -0.25) is 4.90 Å². The summed E-state index contributed by atoms with van der Waals surface area (Å²) in [5, 5.41) is 0. The van der Waals surface area contributed by atoms with E-state index in [2.05, 4.69) is 10.8 Å². The molecule has 2 fully saturated rings. The number of hydrogen-bond donors (Lipinski definition) is 0. The molecule has 0 aromatic heterocycles. The van der Waals surface area contributed by atoms with Gasteiger partial charge in [0.2, 0.25) is 10.0 Å². The molecule has 2 aliphatic heterocycles. The molecule has 0 aliphatic carbocycles. The molecule has 0 radical (unpaired) electrons. The van der Waals surface area contributed by atoms with Gasteiger partial charge in [0.15, 0.2) is 0 Å². The van der Waals surface area contributed by atoms with Gasteiger partial charge in [-0.25, -0.2) is 8.42 Å². The Hall–Kier alpha value is -1.39. The molecule has 1 unspecified atom stereocenters. The number of ether oxygens (including phenoxy) is 1. The van der Waals surface area contributed by atoms with Crippen LogP contribution in [-0.4, -0.2) is 62.6 Å². The van der Waals surface area contributed by atoms with Crippen LogP contribution in [-0.2, 0) is 14.8 Å². The number of rotatable bonds is 7. The summed E-state index contributed by atoms with van der Waals surface area (Å²) in [6.07, 6.45) is 11.7. The number of hydrogen-bond acceptors (Lipinski definition) is 4. The number of terminal acetylenes is 1. The zero-order valence-corrected chi connectivity index (χ0v) is 16.7. The highest BCUT2D eigenvalue weighted by atomic mass is 32.2. The molecule has 6 heteroatoms. The summed E-state index contributed by atoms with van der Waals surface area (Å²) >= 11 is 0. The molecule has 27 heavy (non-hydrogen) atoms. The van der Waals surface area contributed by atoms with Crippen LogP contribution in [0, 0.1) is 12.3 Å². The molecular weight excluding hydrogens is 360 g/mol. The lowest BCUT2D eigenvalue weighted by molar-refractivity contribution is 0.0427. The van der Waals surface area contributed by atoms with Crippen LogP contribution in [0.5, 0.6) is 0 Å². The Balaban J connectivity index is 1.56. The van der Waals surface area contributed by atoms with Gasteiger partial charge in [-0.2, -0.15) is 4.31 Å². The third-order valence-electron chi connectivity index (χ3n) is 5.73. The lowest BCUT2D eigenvalue weighted by Crippen LogP contribution is -2.52. The van der Waals surface area contributed by atoms with Crippen molar-refractivity contribution in [2.24, 2.45) is 0 Å². The molecule has 2 aliphatic rings. The van der Waals surface area contributed by atoms with Gasteiger partial charge in [-0.15, -0.1) is 6.42 Å². The minimum Gasteiger partial charge on any atom is -0.369 e. The van der Waals surface area contributed by atoms with Gasteiger partial charge >= 0.3 is 0 Å². The van der Waals surface area contributed by atoms with Crippen molar-refractivity contribution < 1.29 is 13.2 Å². The number of piperidine rings is 2. The van der Waals surface area contributed by atoms with E-state index in [0.717, 1.165) is 25.8 Å². The van der Waals surface area contributed by atoms with Crippen LogP contribution in [0.3, 0.4) is 0 Å². The van der Waals surface area contributed by atoms with Crippen molar-refractivity contribution in [3.8, 4) is 12.3 Å². The number of sulfonamides is 1. The summed E-state index contributed by atoms with van der Waals surface area (Å²) in [6, 6.07) is 9.75. The van der Waals surface area contributed by atoms with Crippen LogP contribution < -0.4 is 0 Å². The Bertz CT molecular complexity index is 722. The van der Waals surface area contributed by atoms with Gasteiger partial charge in [0.1, 0.15) is 6.61 Å². The largest absolute Gasteiger partial charge is 0.369 e. The van der Waals surface area contributed by atoms with Crippen molar-refractivity contribution in [3.63, 3.8) is 0 Å². The first-order valence-electron chi connectivity index (χ1n) is 9.95. The summed E-state index contributed by atoms with van der Waals surface area (Å²) in [5.74, 6) is 2.51. The van der Waals surface area contributed by atoms with Crippen molar-refractivity contribution >= 4 is 10.0 Å². The van der Waals surface area contributed by atoms with E-state index < -0.39 is 10.0 Å². The average Bonchev–Trinajstić information content (AvgIpc) is 2.72. The predicted octanol–water partition coefficient (Wildman–Crippen LogP) is 2.73. The van der Waals surface area contributed by atoms with Crippen molar-refractivity contribution in [1.82, 2.24) is 9.21 Å². The van der Waals surface area contributed by atoms with Gasteiger partial charge in [-0.1, -0.05) is 30.5 Å². The minimum atomic E-state index is -3.37. The van der Waals surface area contributed by atoms with E-state index >= 15 is 0 Å². The molecule has 0 saturated carbocycles. The standard InChI is InChI=1S/C21H30N2O3S/c1-2-17-26-18-13-19-8-6-7-14-23(19)20-11-15-22(16-12-20)27(24,25)21-9-4-3-5-10-21/h1,3-5,9-10,19-20H,6-8,11-18H2. The molecule has 2 heterocycles. The molecular formula is C21H30N2O3S. The molecule has 148 valence electrons. The summed E-state index contributed by atoms with van der Waals surface area (Å²) < 4.78 is 32.8. The zero-order valence-electron chi connectivity index (χ0n) is 15.9. The number of benzene rings is 1. The molecule has 0 N–H and O–H groups in total. The average molecular weight is 391 g/mol. The van der Waals surface area contributed by atoms with Crippen molar-refractivity contribution in [3.05, 3.63) is 30.3 Å². The van der Waals surface area contributed by atoms with Crippen LogP contribution in [0.2, 0.25) is 0 Å². The normalized spacial score (nSPS) is 23.1. The highest BCUT2D eigenvalue weighted by molar-refractivity contribution is 7.89. The third-order valence-corrected chi connectivity index (χ3v) is 7.64. The Labute approximate surface area is 163 Å². The second kappa shape index (κ2) is 9.70. The van der Waals surface area contributed by atoms with Crippen LogP contribution in [0.1, 0.15) is 38.5 Å². The van der Waals surface area contributed by atoms with E-state index in [0.29, 0.717) is 43.3 Å². The van der Waals surface area contributed by atoms with E-state index in [4.69, 9.17) is 11.2 Å². The predicted molar refractivity (Wildman–Crippen MR) is 107 cm³/mol. The van der Waals surface area contributed by atoms with Crippen molar-refractivity contribution in [2.75, 3.05) is 32.8 Å². The lowest BCUT2D eigenvalue weighted by atomic mass is 9.94. The van der Waals surface area contributed by atoms with E-state index in [1.54, 1.807) is 28.6 Å². The summed E-state index contributed by atoms with van der Waals surface area (Å²) in [4.78, 5) is 3.00. The van der Waals surface area contributed by atoms with Gasteiger partial charge < -0.3 is 4.74 Å². The maximum Gasteiger partial charge on any atom is 0.243 e. The highest BCUT2D eigenvalue weighted by Gasteiger charge is 2.34. The van der Waals surface area contributed by atoms with Crippen LogP contribution >= 0.6 is 0 Å². The van der Waals surface area contributed by atoms with Gasteiger partial charge in [-0.05, 0) is 50.8 Å². The van der Waals surface area contributed by atoms with Gasteiger partial charge in [0, 0.05) is 31.8 Å². The quantitative estimate of drug-likeness (QED) is 0.531. The molecule has 3 rings (SSSR count). The Morgan fingerprint density at radius 1 is 1.07 bits per heavy atom. The first kappa shape index (κ1) is 20.3. The maximum absolute atomic E-state index is 12.8. The van der Waals surface area contributed by atoms with Crippen molar-refractivity contribution in [2.45, 2.75) is 55.5 Å². The van der Waals surface area contributed by atoms with E-state index in [1.807, 2.05) is 6.07 Å². The second-order valence-electron chi connectivity index (χ2n) is 7.38. The third kappa shape index (κ3) is 5.11. The molecule has 2 saturated heterocycles. The summed E-state index contributed by atoms with van der Waals surface area (Å²) in [5.41, 5.74) is 0. The first-order valence-corrected chi connectivity index (χ1v) is 11.4. The fraction of sp³-hybridized carbons (Fsp3) is 0.619. The monoisotopic (exact) mass is 390 g/mol.